The highest BCUT2D eigenvalue weighted by molar-refractivity contribution is 5.83. The second kappa shape index (κ2) is 6.10. The van der Waals surface area contributed by atoms with Crippen LogP contribution in [0.5, 0.6) is 0 Å². The molecule has 0 saturated carbocycles. The zero-order valence-electron chi connectivity index (χ0n) is 12.6. The van der Waals surface area contributed by atoms with Gasteiger partial charge in [-0.25, -0.2) is 0 Å². The van der Waals surface area contributed by atoms with Gasteiger partial charge in [0.1, 0.15) is 0 Å². The van der Waals surface area contributed by atoms with Crippen molar-refractivity contribution in [1.29, 1.82) is 0 Å². The quantitative estimate of drug-likeness (QED) is 0.774. The first-order valence-corrected chi connectivity index (χ1v) is 7.47. The summed E-state index contributed by atoms with van der Waals surface area (Å²) in [5, 5.41) is 4.71. The predicted molar refractivity (Wildman–Crippen MR) is 87.4 cm³/mol. The molecule has 0 aliphatic heterocycles. The molecule has 0 aliphatic rings. The number of para-hydroxylation sites is 1. The second-order valence-electron chi connectivity index (χ2n) is 5.35. The van der Waals surface area contributed by atoms with Crippen molar-refractivity contribution < 1.29 is 0 Å². The van der Waals surface area contributed by atoms with Crippen molar-refractivity contribution in [3.63, 3.8) is 0 Å². The number of benzene rings is 1. The van der Waals surface area contributed by atoms with Gasteiger partial charge in [-0.1, -0.05) is 31.2 Å². The largest absolute Gasteiger partial charge is 0.341 e. The minimum atomic E-state index is 0.819. The molecule has 2 aromatic heterocycles. The maximum atomic E-state index is 4.52. The van der Waals surface area contributed by atoms with E-state index in [9.17, 15) is 0 Å². The summed E-state index contributed by atoms with van der Waals surface area (Å²) in [7, 11) is 0. The smallest absolute Gasteiger partial charge is 0.0651 e. The Morgan fingerprint density at radius 2 is 2.05 bits per heavy atom. The maximum Gasteiger partial charge on any atom is 0.0651 e. The lowest BCUT2D eigenvalue weighted by molar-refractivity contribution is 0.722. The highest BCUT2D eigenvalue weighted by Gasteiger charge is 2.08. The number of aromatic nitrogens is 2. The number of fused-ring (bicyclic) bond motifs is 1. The third-order valence-corrected chi connectivity index (χ3v) is 3.88. The molecule has 1 N–H and O–H groups in total. The van der Waals surface area contributed by atoms with E-state index >= 15 is 0 Å². The van der Waals surface area contributed by atoms with E-state index in [0.717, 1.165) is 25.3 Å². The summed E-state index contributed by atoms with van der Waals surface area (Å²) in [6.07, 6.45) is 4.03. The van der Waals surface area contributed by atoms with E-state index in [1.54, 1.807) is 0 Å². The number of nitrogens with one attached hydrogen (secondary N) is 1. The van der Waals surface area contributed by atoms with E-state index in [4.69, 9.17) is 0 Å². The van der Waals surface area contributed by atoms with Crippen LogP contribution >= 0.6 is 0 Å². The van der Waals surface area contributed by atoms with Gasteiger partial charge in [0.15, 0.2) is 0 Å². The van der Waals surface area contributed by atoms with Gasteiger partial charge in [0.25, 0.3) is 0 Å². The first kappa shape index (κ1) is 13.8. The molecule has 3 nitrogen and oxygen atoms in total. The van der Waals surface area contributed by atoms with Crippen LogP contribution in [0.25, 0.3) is 10.9 Å². The normalized spacial score (nSPS) is 11.1. The Morgan fingerprint density at radius 1 is 1.14 bits per heavy atom. The highest BCUT2D eigenvalue weighted by Crippen LogP contribution is 2.21. The molecule has 3 heteroatoms. The van der Waals surface area contributed by atoms with Gasteiger partial charge in [-0.3, -0.25) is 4.98 Å². The Hall–Kier alpha value is -2.13. The van der Waals surface area contributed by atoms with Crippen LogP contribution in [0, 0.1) is 6.92 Å². The van der Waals surface area contributed by atoms with Crippen molar-refractivity contribution in [2.45, 2.75) is 26.9 Å². The van der Waals surface area contributed by atoms with Gasteiger partial charge in [-0.2, -0.15) is 0 Å². The fourth-order valence-electron chi connectivity index (χ4n) is 2.72. The van der Waals surface area contributed by atoms with Crippen molar-refractivity contribution in [1.82, 2.24) is 14.9 Å². The van der Waals surface area contributed by atoms with Crippen molar-refractivity contribution in [3.8, 4) is 0 Å². The molecule has 0 unspecified atom stereocenters. The molecule has 0 fully saturated rings. The fraction of sp³-hybridized carbons (Fsp3) is 0.278. The lowest BCUT2D eigenvalue weighted by Gasteiger charge is -2.11. The summed E-state index contributed by atoms with van der Waals surface area (Å²) >= 11 is 0. The Balaban J connectivity index is 2.01. The topological polar surface area (TPSA) is 29.9 Å². The van der Waals surface area contributed by atoms with Gasteiger partial charge in [0.05, 0.1) is 17.8 Å². The van der Waals surface area contributed by atoms with Crippen molar-refractivity contribution in [2.75, 3.05) is 6.54 Å². The van der Waals surface area contributed by atoms with Crippen LogP contribution < -0.4 is 5.32 Å². The standard InChI is InChI=1S/C18H21N3/c1-3-19-12-16-8-4-7-15-9-11-21(18(15)16)13-17-14(2)6-5-10-20-17/h4-11,19H,3,12-13H2,1-2H3. The molecule has 21 heavy (non-hydrogen) atoms. The molecular weight excluding hydrogens is 258 g/mol. The molecule has 1 aromatic carbocycles. The molecule has 0 spiro atoms. The summed E-state index contributed by atoms with van der Waals surface area (Å²) in [4.78, 5) is 4.52. The Morgan fingerprint density at radius 3 is 2.86 bits per heavy atom. The number of hydrogen-bond acceptors (Lipinski definition) is 2. The van der Waals surface area contributed by atoms with E-state index in [-0.39, 0.29) is 0 Å². The maximum absolute atomic E-state index is 4.52. The van der Waals surface area contributed by atoms with Crippen molar-refractivity contribution >= 4 is 10.9 Å². The average Bonchev–Trinajstić information content (AvgIpc) is 2.91. The highest BCUT2D eigenvalue weighted by atomic mass is 15.0. The average molecular weight is 279 g/mol. The summed E-state index contributed by atoms with van der Waals surface area (Å²) in [5.41, 5.74) is 5.02. The van der Waals surface area contributed by atoms with Crippen LogP contribution in [0.15, 0.2) is 48.8 Å². The first-order chi connectivity index (χ1) is 10.3. The number of rotatable bonds is 5. The van der Waals surface area contributed by atoms with E-state index < -0.39 is 0 Å². The Labute approximate surface area is 125 Å². The monoisotopic (exact) mass is 279 g/mol. The van der Waals surface area contributed by atoms with E-state index in [2.05, 4.69) is 65.2 Å². The van der Waals surface area contributed by atoms with Crippen LogP contribution in [0.2, 0.25) is 0 Å². The summed E-state index contributed by atoms with van der Waals surface area (Å²) < 4.78 is 2.30. The fourth-order valence-corrected chi connectivity index (χ4v) is 2.72. The zero-order chi connectivity index (χ0) is 14.7. The van der Waals surface area contributed by atoms with Crippen molar-refractivity contribution in [2.24, 2.45) is 0 Å². The summed E-state index contributed by atoms with van der Waals surface area (Å²) in [6.45, 7) is 6.96. The predicted octanol–water partition coefficient (Wildman–Crippen LogP) is 3.50. The molecule has 0 amide bonds. The van der Waals surface area contributed by atoms with Gasteiger partial charge < -0.3 is 9.88 Å². The first-order valence-electron chi connectivity index (χ1n) is 7.47. The van der Waals surface area contributed by atoms with Crippen LogP contribution in [0.4, 0.5) is 0 Å². The Bertz CT molecular complexity index is 743. The molecule has 0 radical (unpaired) electrons. The minimum absolute atomic E-state index is 0.819. The molecule has 0 bridgehead atoms. The molecule has 3 aromatic rings. The van der Waals surface area contributed by atoms with Crippen LogP contribution in [0.3, 0.4) is 0 Å². The molecule has 0 saturated heterocycles. The van der Waals surface area contributed by atoms with Crippen molar-refractivity contribution in [3.05, 3.63) is 65.6 Å². The summed E-state index contributed by atoms with van der Waals surface area (Å²) in [6, 6.07) is 12.8. The number of aryl methyl sites for hydroxylation is 1. The molecule has 0 atom stereocenters. The van der Waals surface area contributed by atoms with Gasteiger partial charge in [0.2, 0.25) is 0 Å². The van der Waals surface area contributed by atoms with Gasteiger partial charge in [-0.15, -0.1) is 0 Å². The molecular formula is C18H21N3. The number of nitrogens with zero attached hydrogens (tertiary/aromatic N) is 2. The van der Waals surface area contributed by atoms with Crippen LogP contribution in [-0.2, 0) is 13.1 Å². The second-order valence-corrected chi connectivity index (χ2v) is 5.35. The number of hydrogen-bond donors (Lipinski definition) is 1. The van der Waals surface area contributed by atoms with E-state index in [1.165, 1.54) is 22.0 Å². The number of pyridine rings is 1. The van der Waals surface area contributed by atoms with Gasteiger partial charge >= 0.3 is 0 Å². The summed E-state index contributed by atoms with van der Waals surface area (Å²) in [5.74, 6) is 0. The van der Waals surface area contributed by atoms with E-state index in [0.29, 0.717) is 0 Å². The lowest BCUT2D eigenvalue weighted by atomic mass is 10.1. The molecule has 3 rings (SSSR count). The van der Waals surface area contributed by atoms with Crippen LogP contribution in [-0.4, -0.2) is 16.1 Å². The SMILES string of the molecule is CCNCc1cccc2ccn(Cc3ncccc3C)c12. The third kappa shape index (κ3) is 2.83. The van der Waals surface area contributed by atoms with Gasteiger partial charge in [-0.05, 0) is 42.1 Å². The minimum Gasteiger partial charge on any atom is -0.341 e. The molecule has 0 aliphatic carbocycles. The molecule has 108 valence electrons. The molecule has 2 heterocycles. The third-order valence-electron chi connectivity index (χ3n) is 3.88. The van der Waals surface area contributed by atoms with Crippen LogP contribution in [0.1, 0.15) is 23.7 Å². The lowest BCUT2D eigenvalue weighted by Crippen LogP contribution is -2.13. The van der Waals surface area contributed by atoms with Gasteiger partial charge in [0, 0.05) is 18.9 Å². The Kier molecular flexibility index (Phi) is 4.02. The zero-order valence-corrected chi connectivity index (χ0v) is 12.6. The van der Waals surface area contributed by atoms with E-state index in [1.807, 2.05) is 12.3 Å².